The first-order valence-electron chi connectivity index (χ1n) is 9.98. The summed E-state index contributed by atoms with van der Waals surface area (Å²) in [4.78, 5) is 26.3. The van der Waals surface area contributed by atoms with Gasteiger partial charge in [-0.3, -0.25) is 9.59 Å². The van der Waals surface area contributed by atoms with Crippen LogP contribution in [0, 0.1) is 12.7 Å². The van der Waals surface area contributed by atoms with Crippen molar-refractivity contribution in [1.82, 2.24) is 9.78 Å². The van der Waals surface area contributed by atoms with E-state index in [1.807, 2.05) is 0 Å². The third-order valence-corrected chi connectivity index (χ3v) is 5.29. The van der Waals surface area contributed by atoms with Crippen LogP contribution in [0.1, 0.15) is 16.1 Å². The van der Waals surface area contributed by atoms with Gasteiger partial charge in [0, 0.05) is 10.6 Å². The lowest BCUT2D eigenvalue weighted by Gasteiger charge is -2.18. The van der Waals surface area contributed by atoms with E-state index in [4.69, 9.17) is 16.3 Å². The van der Waals surface area contributed by atoms with Crippen molar-refractivity contribution in [2.24, 2.45) is 0 Å². The van der Waals surface area contributed by atoms with Crippen molar-refractivity contribution in [3.8, 4) is 22.6 Å². The minimum Gasteiger partial charge on any atom is -0.497 e. The van der Waals surface area contributed by atoms with E-state index in [1.165, 1.54) is 36.1 Å². The fourth-order valence-electron chi connectivity index (χ4n) is 3.33. The van der Waals surface area contributed by atoms with Crippen LogP contribution in [-0.4, -0.2) is 22.8 Å². The van der Waals surface area contributed by atoms with Crippen LogP contribution < -0.4 is 15.5 Å². The maximum absolute atomic E-state index is 13.5. The number of halogens is 2. The smallest absolute Gasteiger partial charge is 0.256 e. The molecule has 166 valence electrons. The number of aryl methyl sites for hydroxylation is 1. The topological polar surface area (TPSA) is 73.2 Å². The van der Waals surface area contributed by atoms with Crippen LogP contribution in [0.4, 0.5) is 10.2 Å². The van der Waals surface area contributed by atoms with Crippen molar-refractivity contribution in [3.63, 3.8) is 0 Å². The van der Waals surface area contributed by atoms with Crippen LogP contribution in [-0.2, 0) is 0 Å². The first-order valence-corrected chi connectivity index (χ1v) is 10.4. The van der Waals surface area contributed by atoms with Gasteiger partial charge in [-0.1, -0.05) is 23.7 Å². The van der Waals surface area contributed by atoms with Gasteiger partial charge in [-0.15, -0.1) is 0 Å². The van der Waals surface area contributed by atoms with Crippen LogP contribution in [0.2, 0.25) is 5.02 Å². The van der Waals surface area contributed by atoms with Crippen LogP contribution in [0.5, 0.6) is 5.75 Å². The summed E-state index contributed by atoms with van der Waals surface area (Å²) in [5.74, 6) is -0.110. The molecule has 33 heavy (non-hydrogen) atoms. The van der Waals surface area contributed by atoms with Gasteiger partial charge in [0.05, 0.1) is 18.4 Å². The molecular weight excluding hydrogens is 445 g/mol. The van der Waals surface area contributed by atoms with Gasteiger partial charge in [0.1, 0.15) is 23.1 Å². The highest BCUT2D eigenvalue weighted by Crippen LogP contribution is 2.29. The quantitative estimate of drug-likeness (QED) is 0.438. The van der Waals surface area contributed by atoms with E-state index < -0.39 is 11.7 Å². The summed E-state index contributed by atoms with van der Waals surface area (Å²) >= 11 is 6.03. The molecule has 1 N–H and O–H groups in total. The second-order valence-electron chi connectivity index (χ2n) is 7.22. The van der Waals surface area contributed by atoms with Crippen LogP contribution in [0.3, 0.4) is 0 Å². The lowest BCUT2D eigenvalue weighted by molar-refractivity contribution is 0.102. The molecule has 0 atom stereocenters. The van der Waals surface area contributed by atoms with Gasteiger partial charge >= 0.3 is 0 Å². The molecule has 0 saturated carbocycles. The lowest BCUT2D eigenvalue weighted by Crippen LogP contribution is -2.25. The molecule has 6 nitrogen and oxygen atoms in total. The predicted octanol–water partition coefficient (Wildman–Crippen LogP) is 5.26. The van der Waals surface area contributed by atoms with Crippen molar-refractivity contribution in [2.75, 3.05) is 12.4 Å². The first-order chi connectivity index (χ1) is 15.9. The summed E-state index contributed by atoms with van der Waals surface area (Å²) in [6, 6.07) is 18.8. The summed E-state index contributed by atoms with van der Waals surface area (Å²) < 4.78 is 20.1. The normalized spacial score (nSPS) is 10.7. The molecule has 1 heterocycles. The minimum absolute atomic E-state index is 0.153. The number of aromatic nitrogens is 2. The zero-order chi connectivity index (χ0) is 23.5. The number of carbonyl (C=O) groups excluding carboxylic acids is 1. The number of methoxy groups -OCH3 is 1. The molecule has 4 rings (SSSR count). The Kier molecular flexibility index (Phi) is 6.24. The fourth-order valence-corrected chi connectivity index (χ4v) is 3.46. The third kappa shape index (κ3) is 4.63. The zero-order valence-electron chi connectivity index (χ0n) is 17.8. The number of hydrogen-bond donors (Lipinski definition) is 1. The molecule has 3 aromatic carbocycles. The van der Waals surface area contributed by atoms with Crippen molar-refractivity contribution < 1.29 is 13.9 Å². The number of ether oxygens (including phenoxy) is 1. The third-order valence-electron chi connectivity index (χ3n) is 5.04. The molecule has 0 aliphatic heterocycles. The van der Waals surface area contributed by atoms with Gasteiger partial charge < -0.3 is 10.1 Å². The number of anilines is 1. The minimum atomic E-state index is -0.450. The number of benzene rings is 3. The van der Waals surface area contributed by atoms with Gasteiger partial charge in [0.2, 0.25) is 5.43 Å². The van der Waals surface area contributed by atoms with E-state index in [-0.39, 0.29) is 22.5 Å². The van der Waals surface area contributed by atoms with E-state index in [2.05, 4.69) is 10.4 Å². The Bertz CT molecular complexity index is 1370. The zero-order valence-corrected chi connectivity index (χ0v) is 18.6. The molecule has 0 fully saturated rings. The molecule has 0 aliphatic rings. The number of nitrogens with one attached hydrogen (secondary N) is 1. The number of nitrogens with zero attached hydrogens (tertiary/aromatic N) is 2. The van der Waals surface area contributed by atoms with Crippen molar-refractivity contribution in [3.05, 3.63) is 105 Å². The summed E-state index contributed by atoms with van der Waals surface area (Å²) in [7, 11) is 1.53. The van der Waals surface area contributed by atoms with Gasteiger partial charge in [0.15, 0.2) is 0 Å². The Morgan fingerprint density at radius 3 is 2.24 bits per heavy atom. The van der Waals surface area contributed by atoms with E-state index in [0.717, 1.165) is 0 Å². The number of amides is 1. The Morgan fingerprint density at radius 2 is 1.64 bits per heavy atom. The molecule has 0 spiro atoms. The summed E-state index contributed by atoms with van der Waals surface area (Å²) in [5, 5.41) is 7.70. The Balaban J connectivity index is 1.91. The highest BCUT2D eigenvalue weighted by atomic mass is 35.5. The van der Waals surface area contributed by atoms with E-state index in [9.17, 15) is 14.0 Å². The maximum Gasteiger partial charge on any atom is 0.256 e. The van der Waals surface area contributed by atoms with Crippen LogP contribution in [0.25, 0.3) is 16.8 Å². The molecule has 1 aromatic heterocycles. The van der Waals surface area contributed by atoms with Crippen LogP contribution >= 0.6 is 11.6 Å². The molecule has 1 amide bonds. The highest BCUT2D eigenvalue weighted by molar-refractivity contribution is 6.30. The SMILES string of the molecule is COc1ccc(C(=O)Nc2c(-c3ccc(Cl)cc3)c(=O)c(C)nn2-c2ccc(F)cc2)cc1. The molecule has 0 bridgehead atoms. The monoisotopic (exact) mass is 463 g/mol. The van der Waals surface area contributed by atoms with Crippen molar-refractivity contribution in [1.29, 1.82) is 0 Å². The molecule has 0 saturated heterocycles. The summed E-state index contributed by atoms with van der Waals surface area (Å²) in [6.45, 7) is 1.58. The molecular formula is C25H19ClFN3O3. The molecule has 0 unspecified atom stereocenters. The highest BCUT2D eigenvalue weighted by Gasteiger charge is 2.21. The van der Waals surface area contributed by atoms with Crippen LogP contribution in [0.15, 0.2) is 77.6 Å². The molecule has 0 aliphatic carbocycles. The van der Waals surface area contributed by atoms with E-state index in [0.29, 0.717) is 27.6 Å². The molecule has 8 heteroatoms. The van der Waals surface area contributed by atoms with Crippen molar-refractivity contribution in [2.45, 2.75) is 6.92 Å². The first kappa shape index (κ1) is 22.2. The maximum atomic E-state index is 13.5. The second-order valence-corrected chi connectivity index (χ2v) is 7.65. The van der Waals surface area contributed by atoms with Gasteiger partial charge in [0.25, 0.3) is 5.91 Å². The fraction of sp³-hybridized carbons (Fsp3) is 0.0800. The Hall–Kier alpha value is -3.97. The average molecular weight is 464 g/mol. The van der Waals surface area contributed by atoms with E-state index >= 15 is 0 Å². The Labute approximate surface area is 194 Å². The van der Waals surface area contributed by atoms with E-state index in [1.54, 1.807) is 55.5 Å². The largest absolute Gasteiger partial charge is 0.497 e. The molecule has 4 aromatic rings. The van der Waals surface area contributed by atoms with Crippen molar-refractivity contribution >= 4 is 23.3 Å². The number of rotatable bonds is 5. The number of carbonyl (C=O) groups is 1. The number of hydrogen-bond acceptors (Lipinski definition) is 4. The average Bonchev–Trinajstić information content (AvgIpc) is 2.83. The van der Waals surface area contributed by atoms with Gasteiger partial charge in [-0.2, -0.15) is 5.10 Å². The Morgan fingerprint density at radius 1 is 1.00 bits per heavy atom. The summed E-state index contributed by atoms with van der Waals surface area (Å²) in [6.07, 6.45) is 0. The predicted molar refractivity (Wildman–Crippen MR) is 126 cm³/mol. The standard InChI is InChI=1S/C25H19ClFN3O3/c1-15-23(31)22(16-3-7-18(26)8-4-16)24(30(29-15)20-11-9-19(27)10-12-20)28-25(32)17-5-13-21(33-2)14-6-17/h3-14H,1-2H3,(H,28,32). The summed E-state index contributed by atoms with van der Waals surface area (Å²) in [5.41, 5.74) is 1.49. The second kappa shape index (κ2) is 9.26. The molecule has 0 radical (unpaired) electrons. The van der Waals surface area contributed by atoms with Gasteiger partial charge in [-0.25, -0.2) is 9.07 Å². The van der Waals surface area contributed by atoms with Gasteiger partial charge in [-0.05, 0) is 73.2 Å². The lowest BCUT2D eigenvalue weighted by atomic mass is 10.0.